The van der Waals surface area contributed by atoms with Gasteiger partial charge in [-0.2, -0.15) is 10.4 Å². The van der Waals surface area contributed by atoms with Gasteiger partial charge < -0.3 is 25.2 Å². The summed E-state index contributed by atoms with van der Waals surface area (Å²) in [6.07, 6.45) is 5.63. The fourth-order valence-electron chi connectivity index (χ4n) is 4.48. The van der Waals surface area contributed by atoms with E-state index in [9.17, 15) is 19.6 Å². The van der Waals surface area contributed by atoms with E-state index in [0.717, 1.165) is 44.2 Å². The van der Waals surface area contributed by atoms with Gasteiger partial charge in [0.05, 0.1) is 31.1 Å². The summed E-state index contributed by atoms with van der Waals surface area (Å²) >= 11 is 0. The van der Waals surface area contributed by atoms with Crippen LogP contribution in [0, 0.1) is 11.3 Å². The molecule has 4 rings (SSSR count). The Bertz CT molecular complexity index is 1180. The van der Waals surface area contributed by atoms with Crippen molar-refractivity contribution in [2.45, 2.75) is 38.1 Å². The number of hydrogen-bond acceptors (Lipinski definition) is 8. The predicted molar refractivity (Wildman–Crippen MR) is 128 cm³/mol. The molecule has 0 aliphatic carbocycles. The molecular formula is C24H29N7O4. The average Bonchev–Trinajstić information content (AvgIpc) is 3.54. The van der Waals surface area contributed by atoms with Gasteiger partial charge >= 0.3 is 5.97 Å². The first kappa shape index (κ1) is 24.1. The molecule has 1 aromatic heterocycles. The van der Waals surface area contributed by atoms with Gasteiger partial charge in [0.2, 0.25) is 11.8 Å². The second kappa shape index (κ2) is 10.9. The molecule has 2 fully saturated rings. The number of methoxy groups -OCH3 is 1. The Morgan fingerprint density at radius 3 is 2.74 bits per heavy atom. The summed E-state index contributed by atoms with van der Waals surface area (Å²) < 4.78 is 4.80. The van der Waals surface area contributed by atoms with E-state index >= 15 is 0 Å². The van der Waals surface area contributed by atoms with Crippen LogP contribution in [-0.2, 0) is 19.1 Å². The Kier molecular flexibility index (Phi) is 7.50. The molecule has 2 saturated heterocycles. The Morgan fingerprint density at radius 1 is 1.23 bits per heavy atom. The first-order valence-electron chi connectivity index (χ1n) is 11.8. The van der Waals surface area contributed by atoms with Gasteiger partial charge in [-0.05, 0) is 38.2 Å². The third kappa shape index (κ3) is 5.37. The quantitative estimate of drug-likeness (QED) is 0.308. The lowest BCUT2D eigenvalue weighted by molar-refractivity contribution is -0.140. The molecule has 2 amide bonds. The smallest absolute Gasteiger partial charge is 0.352 e. The number of esters is 1. The maximum atomic E-state index is 13.4. The minimum absolute atomic E-state index is 0.0268. The van der Waals surface area contributed by atoms with E-state index in [1.54, 1.807) is 22.1 Å². The number of H-pyrrole nitrogens is 1. The van der Waals surface area contributed by atoms with E-state index in [-0.39, 0.29) is 29.8 Å². The van der Waals surface area contributed by atoms with Crippen LogP contribution in [0.2, 0.25) is 0 Å². The highest BCUT2D eigenvalue weighted by Crippen LogP contribution is 2.23. The Hall–Kier alpha value is -4.07. The van der Waals surface area contributed by atoms with Crippen LogP contribution in [0.5, 0.6) is 0 Å². The number of amides is 2. The number of ether oxygens (including phenoxy) is 1. The lowest BCUT2D eigenvalue weighted by Crippen LogP contribution is -2.49. The first-order chi connectivity index (χ1) is 17.0. The van der Waals surface area contributed by atoms with Gasteiger partial charge in [0, 0.05) is 25.0 Å². The topological polar surface area (TPSA) is 143 Å². The molecular weight excluding hydrogens is 450 g/mol. The maximum Gasteiger partial charge on any atom is 0.352 e. The number of nitrogens with one attached hydrogen (secondary N) is 3. The van der Waals surface area contributed by atoms with Crippen LogP contribution in [0.25, 0.3) is 10.9 Å². The number of carbonyl (C=O) groups excluding carboxylic acids is 3. The van der Waals surface area contributed by atoms with Crippen molar-refractivity contribution in [3.8, 4) is 6.07 Å². The molecule has 0 spiro atoms. The van der Waals surface area contributed by atoms with Gasteiger partial charge in [0.1, 0.15) is 17.9 Å². The molecule has 2 aliphatic rings. The normalized spacial score (nSPS) is 19.1. The van der Waals surface area contributed by atoms with E-state index < -0.39 is 12.0 Å². The van der Waals surface area contributed by atoms with Crippen molar-refractivity contribution in [1.29, 1.82) is 5.26 Å². The van der Waals surface area contributed by atoms with Crippen molar-refractivity contribution in [3.05, 3.63) is 35.8 Å². The van der Waals surface area contributed by atoms with Gasteiger partial charge in [0.25, 0.3) is 0 Å². The number of carbonyl (C=O) groups is 3. The predicted octanol–water partition coefficient (Wildman–Crippen LogP) is 1.48. The fraction of sp³-hybridized carbons (Fsp3) is 0.458. The molecule has 35 heavy (non-hydrogen) atoms. The monoisotopic (exact) mass is 479 g/mol. The van der Waals surface area contributed by atoms with Gasteiger partial charge in [-0.3, -0.25) is 14.7 Å². The van der Waals surface area contributed by atoms with Crippen LogP contribution in [0.15, 0.2) is 35.8 Å². The lowest BCUT2D eigenvalue weighted by Gasteiger charge is -2.28. The molecule has 3 N–H and O–H groups in total. The van der Waals surface area contributed by atoms with Crippen molar-refractivity contribution in [2.75, 3.05) is 38.6 Å². The van der Waals surface area contributed by atoms with E-state index in [2.05, 4.69) is 20.8 Å². The first-order valence-corrected chi connectivity index (χ1v) is 11.8. The van der Waals surface area contributed by atoms with Crippen molar-refractivity contribution in [3.63, 3.8) is 0 Å². The molecule has 2 aromatic rings. The summed E-state index contributed by atoms with van der Waals surface area (Å²) in [5.74, 6) is -1.06. The number of para-hydroxylation sites is 1. The number of rotatable bonds is 7. The summed E-state index contributed by atoms with van der Waals surface area (Å²) in [6.45, 7) is 1.96. The van der Waals surface area contributed by atoms with E-state index in [0.29, 0.717) is 24.2 Å². The number of hydrogen-bond donors (Lipinski definition) is 3. The number of likely N-dealkylation sites (tertiary alicyclic amines) is 2. The van der Waals surface area contributed by atoms with Gasteiger partial charge in [0.15, 0.2) is 5.57 Å². The second-order valence-corrected chi connectivity index (χ2v) is 8.66. The molecule has 0 saturated carbocycles. The zero-order valence-corrected chi connectivity index (χ0v) is 19.7. The third-order valence-corrected chi connectivity index (χ3v) is 6.37. The standard InChI is InChI=1S/C24H29N7O4/c1-35-24(34)17(13-25)22(27-18-9-6-7-16-14-26-29-21(16)18)28-19-8-2-3-12-31(23(19)33)15-20(32)30-10-4-5-11-30/h6-7,9,14,19,27-28H,2-5,8,10-12,15H2,1H3,(H,26,29)/b22-17-/t19-/m0/s1. The number of aromatic nitrogens is 2. The Morgan fingerprint density at radius 2 is 2.00 bits per heavy atom. The van der Waals surface area contributed by atoms with Crippen LogP contribution in [-0.4, -0.2) is 77.1 Å². The summed E-state index contributed by atoms with van der Waals surface area (Å²) in [4.78, 5) is 41.9. The molecule has 11 nitrogen and oxygen atoms in total. The van der Waals surface area contributed by atoms with Crippen molar-refractivity contribution >= 4 is 34.4 Å². The Balaban J connectivity index is 1.59. The molecule has 184 valence electrons. The van der Waals surface area contributed by atoms with Crippen molar-refractivity contribution in [2.24, 2.45) is 0 Å². The molecule has 0 unspecified atom stereocenters. The second-order valence-electron chi connectivity index (χ2n) is 8.66. The van der Waals surface area contributed by atoms with Crippen LogP contribution in [0.4, 0.5) is 5.69 Å². The largest absolute Gasteiger partial charge is 0.465 e. The SMILES string of the molecule is COC(=O)/C(C#N)=C(/Nc1cccc2cn[nH]c12)N[C@H]1CCCCN(CC(=O)N2CCCC2)C1=O. The van der Waals surface area contributed by atoms with Crippen LogP contribution in [0.3, 0.4) is 0 Å². The summed E-state index contributed by atoms with van der Waals surface area (Å²) in [5.41, 5.74) is 0.959. The maximum absolute atomic E-state index is 13.4. The third-order valence-electron chi connectivity index (χ3n) is 6.37. The number of benzene rings is 1. The van der Waals surface area contributed by atoms with Crippen LogP contribution < -0.4 is 10.6 Å². The Labute approximate surface area is 203 Å². The highest BCUT2D eigenvalue weighted by atomic mass is 16.5. The minimum atomic E-state index is -0.832. The van der Waals surface area contributed by atoms with Gasteiger partial charge in [-0.1, -0.05) is 12.1 Å². The molecule has 3 heterocycles. The summed E-state index contributed by atoms with van der Waals surface area (Å²) in [7, 11) is 1.19. The average molecular weight is 480 g/mol. The lowest BCUT2D eigenvalue weighted by atomic mass is 10.1. The minimum Gasteiger partial charge on any atom is -0.465 e. The summed E-state index contributed by atoms with van der Waals surface area (Å²) in [6, 6.07) is 6.61. The van der Waals surface area contributed by atoms with Gasteiger partial charge in [-0.15, -0.1) is 0 Å². The van der Waals surface area contributed by atoms with Crippen LogP contribution in [0.1, 0.15) is 32.1 Å². The number of nitriles is 1. The van der Waals surface area contributed by atoms with E-state index in [1.165, 1.54) is 7.11 Å². The van der Waals surface area contributed by atoms with Crippen molar-refractivity contribution < 1.29 is 19.1 Å². The summed E-state index contributed by atoms with van der Waals surface area (Å²) in [5, 5.41) is 23.7. The van der Waals surface area contributed by atoms with E-state index in [4.69, 9.17) is 4.74 Å². The fourth-order valence-corrected chi connectivity index (χ4v) is 4.48. The van der Waals surface area contributed by atoms with Gasteiger partial charge in [-0.25, -0.2) is 4.79 Å². The number of aromatic amines is 1. The number of fused-ring (bicyclic) bond motifs is 1. The molecule has 2 aliphatic heterocycles. The molecule has 1 atom stereocenters. The zero-order chi connectivity index (χ0) is 24.8. The molecule has 0 radical (unpaired) electrons. The van der Waals surface area contributed by atoms with Crippen molar-refractivity contribution in [1.82, 2.24) is 25.3 Å². The number of nitrogens with zero attached hydrogens (tertiary/aromatic N) is 4. The zero-order valence-electron chi connectivity index (χ0n) is 19.7. The van der Waals surface area contributed by atoms with E-state index in [1.807, 2.05) is 18.2 Å². The number of anilines is 1. The molecule has 0 bridgehead atoms. The molecule has 1 aromatic carbocycles. The highest BCUT2D eigenvalue weighted by molar-refractivity contribution is 5.96. The highest BCUT2D eigenvalue weighted by Gasteiger charge is 2.31. The molecule has 11 heteroatoms. The van der Waals surface area contributed by atoms with Crippen LogP contribution >= 0.6 is 0 Å².